The number of aryl methyl sites for hydroxylation is 1. The normalized spacial score (nSPS) is 10.9. The van der Waals surface area contributed by atoms with E-state index in [0.717, 1.165) is 16.6 Å². The summed E-state index contributed by atoms with van der Waals surface area (Å²) in [5.41, 5.74) is 2.15. The number of fused-ring (bicyclic) bond motifs is 1. The highest BCUT2D eigenvalue weighted by Gasteiger charge is 2.11. The third-order valence-electron chi connectivity index (χ3n) is 3.05. The molecule has 6 nitrogen and oxygen atoms in total. The molecule has 21 heavy (non-hydrogen) atoms. The van der Waals surface area contributed by atoms with Crippen LogP contribution in [0.2, 0.25) is 0 Å². The lowest BCUT2D eigenvalue weighted by atomic mass is 10.2. The van der Waals surface area contributed by atoms with Gasteiger partial charge in [0.05, 0.1) is 16.1 Å². The summed E-state index contributed by atoms with van der Waals surface area (Å²) in [6.07, 6.45) is 1.64. The van der Waals surface area contributed by atoms with Gasteiger partial charge in [-0.2, -0.15) is 15.1 Å². The number of nitrogens with one attached hydrogen (secondary N) is 3. The van der Waals surface area contributed by atoms with E-state index >= 15 is 0 Å². The third-order valence-corrected chi connectivity index (χ3v) is 3.66. The first-order chi connectivity index (χ1) is 10.1. The van der Waals surface area contributed by atoms with E-state index < -0.39 is 0 Å². The molecular weight excluding hydrogens is 339 g/mol. The lowest BCUT2D eigenvalue weighted by molar-refractivity contribution is 0.620. The lowest BCUT2D eigenvalue weighted by Crippen LogP contribution is -2.02. The first-order valence-electron chi connectivity index (χ1n) is 6.20. The molecular formula is C13H12BrFN6. The van der Waals surface area contributed by atoms with Gasteiger partial charge in [0.25, 0.3) is 0 Å². The van der Waals surface area contributed by atoms with Crippen molar-refractivity contribution in [3.05, 3.63) is 34.2 Å². The monoisotopic (exact) mass is 350 g/mol. The van der Waals surface area contributed by atoms with E-state index in [2.05, 4.69) is 46.7 Å². The Labute approximate surface area is 128 Å². The zero-order chi connectivity index (χ0) is 15.0. The zero-order valence-corrected chi connectivity index (χ0v) is 12.9. The summed E-state index contributed by atoms with van der Waals surface area (Å²) in [6, 6.07) is 3.14. The Morgan fingerprint density at radius 1 is 1.29 bits per heavy atom. The molecule has 0 aliphatic rings. The second-order valence-corrected chi connectivity index (χ2v) is 5.34. The number of aromatic nitrogens is 4. The van der Waals surface area contributed by atoms with Crippen LogP contribution >= 0.6 is 15.9 Å². The average molecular weight is 351 g/mol. The fourth-order valence-electron chi connectivity index (χ4n) is 1.95. The predicted octanol–water partition coefficient (Wildman–Crippen LogP) is 3.35. The van der Waals surface area contributed by atoms with Crippen LogP contribution in [0.1, 0.15) is 5.56 Å². The SMILES string of the molecule is CNc1nc(Nc2cc(Br)c(F)cc2C)c2cn[nH]c2n1. The van der Waals surface area contributed by atoms with Crippen LogP contribution in [0.15, 0.2) is 22.8 Å². The number of H-pyrrole nitrogens is 1. The molecule has 0 aliphatic heterocycles. The van der Waals surface area contributed by atoms with Crippen molar-refractivity contribution in [1.29, 1.82) is 0 Å². The van der Waals surface area contributed by atoms with Crippen molar-refractivity contribution in [2.75, 3.05) is 17.7 Å². The molecule has 0 saturated carbocycles. The second-order valence-electron chi connectivity index (χ2n) is 4.48. The molecule has 0 amide bonds. The molecule has 3 aromatic rings. The number of rotatable bonds is 3. The van der Waals surface area contributed by atoms with E-state index in [0.29, 0.717) is 21.9 Å². The summed E-state index contributed by atoms with van der Waals surface area (Å²) in [4.78, 5) is 8.64. The van der Waals surface area contributed by atoms with Gasteiger partial charge < -0.3 is 10.6 Å². The fraction of sp³-hybridized carbons (Fsp3) is 0.154. The minimum atomic E-state index is -0.301. The van der Waals surface area contributed by atoms with Gasteiger partial charge in [-0.3, -0.25) is 5.10 Å². The Morgan fingerprint density at radius 3 is 2.86 bits per heavy atom. The van der Waals surface area contributed by atoms with Gasteiger partial charge in [0.2, 0.25) is 5.95 Å². The second kappa shape index (κ2) is 5.28. The molecule has 0 bridgehead atoms. The van der Waals surface area contributed by atoms with Gasteiger partial charge in [-0.1, -0.05) is 0 Å². The van der Waals surface area contributed by atoms with Crippen molar-refractivity contribution < 1.29 is 4.39 Å². The maximum Gasteiger partial charge on any atom is 0.226 e. The van der Waals surface area contributed by atoms with E-state index in [1.54, 1.807) is 19.3 Å². The molecule has 3 rings (SSSR count). The molecule has 8 heteroatoms. The number of hydrogen-bond donors (Lipinski definition) is 3. The number of hydrogen-bond acceptors (Lipinski definition) is 5. The van der Waals surface area contributed by atoms with Gasteiger partial charge >= 0.3 is 0 Å². The van der Waals surface area contributed by atoms with Crippen molar-refractivity contribution in [3.63, 3.8) is 0 Å². The van der Waals surface area contributed by atoms with Crippen LogP contribution < -0.4 is 10.6 Å². The standard InChI is InChI=1S/C13H12BrFN6/c1-6-3-9(15)8(14)4-10(6)18-11-7-5-17-21-12(7)20-13(16-2)19-11/h3-5H,1-2H3,(H3,16,17,18,19,20,21). The first-order valence-corrected chi connectivity index (χ1v) is 6.99. The number of aromatic amines is 1. The quantitative estimate of drug-likeness (QED) is 0.675. The molecule has 0 fully saturated rings. The summed E-state index contributed by atoms with van der Waals surface area (Å²) in [7, 11) is 1.74. The zero-order valence-electron chi connectivity index (χ0n) is 11.3. The van der Waals surface area contributed by atoms with Crippen LogP contribution in [0.3, 0.4) is 0 Å². The molecule has 1 aromatic carbocycles. The Hall–Kier alpha value is -2.22. The largest absolute Gasteiger partial charge is 0.357 e. The van der Waals surface area contributed by atoms with Gasteiger partial charge in [0.15, 0.2) is 5.65 Å². The van der Waals surface area contributed by atoms with Crippen molar-refractivity contribution in [2.24, 2.45) is 0 Å². The molecule has 3 N–H and O–H groups in total. The van der Waals surface area contributed by atoms with Crippen LogP contribution in [-0.4, -0.2) is 27.2 Å². The number of benzene rings is 1. The molecule has 108 valence electrons. The van der Waals surface area contributed by atoms with Gasteiger partial charge in [0.1, 0.15) is 11.6 Å². The van der Waals surface area contributed by atoms with E-state index in [9.17, 15) is 4.39 Å². The molecule has 0 aliphatic carbocycles. The molecule has 0 saturated heterocycles. The number of anilines is 3. The van der Waals surface area contributed by atoms with Crippen LogP contribution in [0.4, 0.5) is 21.8 Å². The topological polar surface area (TPSA) is 78.5 Å². The van der Waals surface area contributed by atoms with Crippen molar-refractivity contribution in [1.82, 2.24) is 20.2 Å². The highest BCUT2D eigenvalue weighted by atomic mass is 79.9. The van der Waals surface area contributed by atoms with Gasteiger partial charge in [-0.15, -0.1) is 0 Å². The molecule has 2 aromatic heterocycles. The van der Waals surface area contributed by atoms with E-state index in [1.165, 1.54) is 6.07 Å². The van der Waals surface area contributed by atoms with Crippen molar-refractivity contribution in [3.8, 4) is 0 Å². The fourth-order valence-corrected chi connectivity index (χ4v) is 2.29. The summed E-state index contributed by atoms with van der Waals surface area (Å²) in [6.45, 7) is 1.82. The van der Waals surface area contributed by atoms with Gasteiger partial charge in [0, 0.05) is 12.7 Å². The smallest absolute Gasteiger partial charge is 0.226 e. The van der Waals surface area contributed by atoms with Crippen LogP contribution in [0, 0.1) is 12.7 Å². The van der Waals surface area contributed by atoms with E-state index in [-0.39, 0.29) is 5.82 Å². The van der Waals surface area contributed by atoms with E-state index in [4.69, 9.17) is 0 Å². The molecule has 0 spiro atoms. The maximum atomic E-state index is 13.5. The summed E-state index contributed by atoms with van der Waals surface area (Å²) < 4.78 is 13.9. The summed E-state index contributed by atoms with van der Waals surface area (Å²) >= 11 is 3.19. The molecule has 0 radical (unpaired) electrons. The molecule has 0 unspecified atom stereocenters. The third kappa shape index (κ3) is 2.54. The van der Waals surface area contributed by atoms with Crippen LogP contribution in [-0.2, 0) is 0 Å². The van der Waals surface area contributed by atoms with Crippen molar-refractivity contribution in [2.45, 2.75) is 6.92 Å². The average Bonchev–Trinajstić information content (AvgIpc) is 2.93. The highest BCUT2D eigenvalue weighted by molar-refractivity contribution is 9.10. The molecule has 2 heterocycles. The Bertz CT molecular complexity index is 816. The van der Waals surface area contributed by atoms with Crippen LogP contribution in [0.5, 0.6) is 0 Å². The summed E-state index contributed by atoms with van der Waals surface area (Å²) in [5, 5.41) is 13.6. The highest BCUT2D eigenvalue weighted by Crippen LogP contribution is 2.29. The number of nitrogens with zero attached hydrogens (tertiary/aromatic N) is 3. The molecule has 0 atom stereocenters. The maximum absolute atomic E-state index is 13.5. The summed E-state index contributed by atoms with van der Waals surface area (Å²) in [5.74, 6) is 0.762. The van der Waals surface area contributed by atoms with Gasteiger partial charge in [-0.25, -0.2) is 4.39 Å². The predicted molar refractivity (Wildman–Crippen MR) is 83.4 cm³/mol. The van der Waals surface area contributed by atoms with Crippen LogP contribution in [0.25, 0.3) is 11.0 Å². The van der Waals surface area contributed by atoms with Gasteiger partial charge in [-0.05, 0) is 40.5 Å². The minimum Gasteiger partial charge on any atom is -0.357 e. The Morgan fingerprint density at radius 2 is 2.10 bits per heavy atom. The minimum absolute atomic E-state index is 0.301. The lowest BCUT2D eigenvalue weighted by Gasteiger charge is -2.11. The Balaban J connectivity index is 2.09. The van der Waals surface area contributed by atoms with Crippen molar-refractivity contribution >= 4 is 44.4 Å². The first kappa shape index (κ1) is 13.7. The Kier molecular flexibility index (Phi) is 3.46. The number of halogens is 2. The van der Waals surface area contributed by atoms with E-state index in [1.807, 2.05) is 6.92 Å².